The molecule has 0 unspecified atom stereocenters. The van der Waals surface area contributed by atoms with Crippen molar-refractivity contribution in [1.29, 1.82) is 0 Å². The molecule has 2 nitrogen and oxygen atoms in total. The van der Waals surface area contributed by atoms with Crippen molar-refractivity contribution in [3.63, 3.8) is 0 Å². The first kappa shape index (κ1) is 24.2. The van der Waals surface area contributed by atoms with E-state index >= 15 is 0 Å². The molecule has 0 radical (unpaired) electrons. The maximum absolute atomic E-state index is 5.27. The third-order valence-corrected chi connectivity index (χ3v) is 8.07. The van der Waals surface area contributed by atoms with Crippen LogP contribution in [0.5, 0.6) is 0 Å². The molecule has 0 saturated heterocycles. The van der Waals surface area contributed by atoms with Gasteiger partial charge in [-0.2, -0.15) is 0 Å². The first-order valence-electron chi connectivity index (χ1n) is 14.3. The predicted octanol–water partition coefficient (Wildman–Crippen LogP) is 10.6. The molecule has 0 fully saturated rings. The second-order valence-electron chi connectivity index (χ2n) is 10.6. The van der Waals surface area contributed by atoms with Gasteiger partial charge >= 0.3 is 0 Å². The Bertz CT molecular complexity index is 2240. The van der Waals surface area contributed by atoms with Crippen molar-refractivity contribution in [1.82, 2.24) is 9.97 Å². The second kappa shape index (κ2) is 10.1. The average molecular weight is 535 g/mol. The molecule has 0 amide bonds. The molecule has 1 heterocycles. The van der Waals surface area contributed by atoms with E-state index in [1.807, 2.05) is 18.2 Å². The van der Waals surface area contributed by atoms with Gasteiger partial charge in [0, 0.05) is 16.7 Å². The SMILES string of the molecule is c1ccc(-c2nc(-c3ccccc3-c3ccccc3)cc(-c3c4ccccc4cc4c3ccc3ccccc34)n2)cc1. The van der Waals surface area contributed by atoms with Crippen molar-refractivity contribution in [2.24, 2.45) is 0 Å². The number of hydrogen-bond acceptors (Lipinski definition) is 2. The third-order valence-electron chi connectivity index (χ3n) is 8.07. The van der Waals surface area contributed by atoms with E-state index in [2.05, 4.69) is 140 Å². The summed E-state index contributed by atoms with van der Waals surface area (Å²) in [5, 5.41) is 7.27. The summed E-state index contributed by atoms with van der Waals surface area (Å²) in [7, 11) is 0. The normalized spacial score (nSPS) is 11.3. The summed E-state index contributed by atoms with van der Waals surface area (Å²) in [6.45, 7) is 0. The Kier molecular flexibility index (Phi) is 5.82. The van der Waals surface area contributed by atoms with Crippen LogP contribution in [-0.2, 0) is 0 Å². The molecule has 0 saturated carbocycles. The van der Waals surface area contributed by atoms with Gasteiger partial charge in [-0.3, -0.25) is 0 Å². The van der Waals surface area contributed by atoms with Crippen LogP contribution >= 0.6 is 0 Å². The molecule has 0 aliphatic heterocycles. The van der Waals surface area contributed by atoms with Crippen LogP contribution in [0.2, 0.25) is 0 Å². The van der Waals surface area contributed by atoms with E-state index in [0.717, 1.165) is 39.2 Å². The number of fused-ring (bicyclic) bond motifs is 4. The zero-order valence-corrected chi connectivity index (χ0v) is 22.9. The van der Waals surface area contributed by atoms with Gasteiger partial charge in [0.1, 0.15) is 0 Å². The zero-order valence-electron chi connectivity index (χ0n) is 22.9. The van der Waals surface area contributed by atoms with Gasteiger partial charge in [-0.25, -0.2) is 9.97 Å². The van der Waals surface area contributed by atoms with E-state index in [9.17, 15) is 0 Å². The maximum atomic E-state index is 5.27. The minimum atomic E-state index is 0.716. The third kappa shape index (κ3) is 4.13. The van der Waals surface area contributed by atoms with Gasteiger partial charge in [-0.1, -0.05) is 146 Å². The van der Waals surface area contributed by atoms with E-state index in [1.54, 1.807) is 0 Å². The van der Waals surface area contributed by atoms with Crippen molar-refractivity contribution in [2.75, 3.05) is 0 Å². The summed E-state index contributed by atoms with van der Waals surface area (Å²) < 4.78 is 0. The molecular formula is C40H26N2. The first-order chi connectivity index (χ1) is 20.8. The lowest BCUT2D eigenvalue weighted by Gasteiger charge is -2.16. The number of rotatable bonds is 4. The fourth-order valence-corrected chi connectivity index (χ4v) is 6.10. The highest BCUT2D eigenvalue weighted by Crippen LogP contribution is 2.41. The van der Waals surface area contributed by atoms with E-state index in [-0.39, 0.29) is 0 Å². The molecular weight excluding hydrogens is 508 g/mol. The molecule has 0 bridgehead atoms. The Morgan fingerprint density at radius 1 is 0.333 bits per heavy atom. The molecule has 2 heteroatoms. The molecule has 7 aromatic carbocycles. The lowest BCUT2D eigenvalue weighted by atomic mass is 9.91. The van der Waals surface area contributed by atoms with E-state index in [4.69, 9.17) is 9.97 Å². The summed E-state index contributed by atoms with van der Waals surface area (Å²) in [6, 6.07) is 55.6. The highest BCUT2D eigenvalue weighted by molar-refractivity contribution is 6.19. The van der Waals surface area contributed by atoms with Crippen molar-refractivity contribution in [3.05, 3.63) is 158 Å². The Morgan fingerprint density at radius 3 is 1.71 bits per heavy atom. The Morgan fingerprint density at radius 2 is 0.929 bits per heavy atom. The molecule has 0 aliphatic carbocycles. The van der Waals surface area contributed by atoms with Gasteiger partial charge in [0.2, 0.25) is 0 Å². The van der Waals surface area contributed by atoms with Crippen LogP contribution in [0, 0.1) is 0 Å². The van der Waals surface area contributed by atoms with Gasteiger partial charge in [0.15, 0.2) is 5.82 Å². The maximum Gasteiger partial charge on any atom is 0.160 e. The van der Waals surface area contributed by atoms with E-state index in [1.165, 1.54) is 32.3 Å². The average Bonchev–Trinajstić information content (AvgIpc) is 3.07. The molecule has 42 heavy (non-hydrogen) atoms. The number of hydrogen-bond donors (Lipinski definition) is 0. The van der Waals surface area contributed by atoms with Crippen molar-refractivity contribution in [2.45, 2.75) is 0 Å². The van der Waals surface area contributed by atoms with Gasteiger partial charge in [0.25, 0.3) is 0 Å². The Balaban J connectivity index is 1.48. The Hall–Kier alpha value is -5.60. The fraction of sp³-hybridized carbons (Fsp3) is 0. The van der Waals surface area contributed by atoms with Crippen molar-refractivity contribution < 1.29 is 0 Å². The van der Waals surface area contributed by atoms with Crippen molar-refractivity contribution >= 4 is 32.3 Å². The number of aromatic nitrogens is 2. The lowest BCUT2D eigenvalue weighted by Crippen LogP contribution is -1.98. The van der Waals surface area contributed by atoms with Crippen LogP contribution in [0.25, 0.3) is 77.3 Å². The smallest absolute Gasteiger partial charge is 0.160 e. The van der Waals surface area contributed by atoms with Crippen LogP contribution < -0.4 is 0 Å². The molecule has 0 N–H and O–H groups in total. The fourth-order valence-electron chi connectivity index (χ4n) is 6.10. The highest BCUT2D eigenvalue weighted by Gasteiger charge is 2.18. The van der Waals surface area contributed by atoms with Crippen LogP contribution in [-0.4, -0.2) is 9.97 Å². The molecule has 0 spiro atoms. The molecule has 0 aliphatic rings. The topological polar surface area (TPSA) is 25.8 Å². The van der Waals surface area contributed by atoms with Crippen LogP contribution in [0.3, 0.4) is 0 Å². The quantitative estimate of drug-likeness (QED) is 0.166. The molecule has 1 aromatic heterocycles. The minimum Gasteiger partial charge on any atom is -0.228 e. The summed E-state index contributed by atoms with van der Waals surface area (Å²) in [6.07, 6.45) is 0. The van der Waals surface area contributed by atoms with Gasteiger partial charge < -0.3 is 0 Å². The number of nitrogens with zero attached hydrogens (tertiary/aromatic N) is 2. The number of benzene rings is 7. The van der Waals surface area contributed by atoms with Gasteiger partial charge in [0.05, 0.1) is 11.4 Å². The molecule has 196 valence electrons. The Labute approximate surface area is 244 Å². The van der Waals surface area contributed by atoms with Crippen LogP contribution in [0.4, 0.5) is 0 Å². The van der Waals surface area contributed by atoms with Crippen molar-refractivity contribution in [3.8, 4) is 45.0 Å². The standard InChI is InChI=1S/C40H26N2/c1-3-13-27(14-4-1)31-19-11-12-22-34(31)37-26-38(42-40(41-37)29-16-5-2-6-17-29)39-33-21-10-8-18-30(33)25-36-32-20-9-7-15-28(32)23-24-35(36)39/h1-26H. The van der Waals surface area contributed by atoms with E-state index < -0.39 is 0 Å². The minimum absolute atomic E-state index is 0.716. The lowest BCUT2D eigenvalue weighted by molar-refractivity contribution is 1.19. The summed E-state index contributed by atoms with van der Waals surface area (Å²) >= 11 is 0. The first-order valence-corrected chi connectivity index (χ1v) is 14.3. The van der Waals surface area contributed by atoms with Gasteiger partial charge in [-0.05, 0) is 55.6 Å². The molecule has 8 rings (SSSR count). The summed E-state index contributed by atoms with van der Waals surface area (Å²) in [4.78, 5) is 10.5. The second-order valence-corrected chi connectivity index (χ2v) is 10.6. The highest BCUT2D eigenvalue weighted by atomic mass is 14.9. The van der Waals surface area contributed by atoms with Crippen LogP contribution in [0.15, 0.2) is 158 Å². The predicted molar refractivity (Wildman–Crippen MR) is 176 cm³/mol. The molecule has 0 atom stereocenters. The van der Waals surface area contributed by atoms with Gasteiger partial charge in [-0.15, -0.1) is 0 Å². The zero-order chi connectivity index (χ0) is 27.9. The molecule has 8 aromatic rings. The summed E-state index contributed by atoms with van der Waals surface area (Å²) in [5.74, 6) is 0.716. The largest absolute Gasteiger partial charge is 0.228 e. The summed E-state index contributed by atoms with van der Waals surface area (Å²) in [5.41, 5.74) is 7.34. The van der Waals surface area contributed by atoms with E-state index in [0.29, 0.717) is 5.82 Å². The monoisotopic (exact) mass is 534 g/mol. The van der Waals surface area contributed by atoms with Crippen LogP contribution in [0.1, 0.15) is 0 Å².